The van der Waals surface area contributed by atoms with Gasteiger partial charge in [-0.15, -0.1) is 0 Å². The molecule has 4 rings (SSSR count). The van der Waals surface area contributed by atoms with Crippen LogP contribution in [0.15, 0.2) is 53.5 Å². The van der Waals surface area contributed by atoms with Crippen molar-refractivity contribution in [3.63, 3.8) is 0 Å². The van der Waals surface area contributed by atoms with Gasteiger partial charge in [-0.3, -0.25) is 4.79 Å². The monoisotopic (exact) mass is 550 g/mol. The van der Waals surface area contributed by atoms with Gasteiger partial charge in [0.15, 0.2) is 0 Å². The summed E-state index contributed by atoms with van der Waals surface area (Å²) in [4.78, 5) is 18.5. The summed E-state index contributed by atoms with van der Waals surface area (Å²) < 4.78 is 12.3. The number of aliphatic imine (C=N–C) groups is 1. The number of anilines is 1. The van der Waals surface area contributed by atoms with E-state index in [9.17, 15) is 4.79 Å². The van der Waals surface area contributed by atoms with E-state index in [4.69, 9.17) is 21.1 Å². The molecule has 0 spiro atoms. The van der Waals surface area contributed by atoms with E-state index in [0.717, 1.165) is 61.5 Å². The number of fused-ring (bicyclic) bond motifs is 2. The molecule has 39 heavy (non-hydrogen) atoms. The Labute approximate surface area is 239 Å². The second-order valence-corrected chi connectivity index (χ2v) is 11.6. The molecule has 1 fully saturated rings. The standard InChI is InChI=1S/C33H43ClN2O3/c1-5-23(2)9-8-11-31(38-4)29-16-13-27(29)22-36-21-26-12-15-28(34)19-24(26)10-6-7-18-39-32-17-14-25(20-30(32)36)33(37)35-3/h8,11-12,14-15,17,19-20,23,27,29,31H,3,5-7,9-10,13,16,18,21-22H2,1-2,4H3/b11-8+/t23-,27+,29-,31+/m1/s1. The van der Waals surface area contributed by atoms with Gasteiger partial charge in [0.1, 0.15) is 5.75 Å². The van der Waals surface area contributed by atoms with E-state index in [1.807, 2.05) is 25.3 Å². The smallest absolute Gasteiger partial charge is 0.276 e. The topological polar surface area (TPSA) is 51.1 Å². The number of nitrogens with zero attached hydrogens (tertiary/aromatic N) is 2. The van der Waals surface area contributed by atoms with Crippen molar-refractivity contribution in [2.24, 2.45) is 22.7 Å². The maximum Gasteiger partial charge on any atom is 0.276 e. The van der Waals surface area contributed by atoms with E-state index in [1.54, 1.807) is 6.07 Å². The molecule has 0 bridgehead atoms. The summed E-state index contributed by atoms with van der Waals surface area (Å²) in [5.74, 6) is 2.08. The van der Waals surface area contributed by atoms with E-state index in [-0.39, 0.29) is 12.0 Å². The van der Waals surface area contributed by atoms with Crippen molar-refractivity contribution in [2.75, 3.05) is 25.2 Å². The van der Waals surface area contributed by atoms with E-state index < -0.39 is 0 Å². The van der Waals surface area contributed by atoms with E-state index in [1.165, 1.54) is 17.5 Å². The van der Waals surface area contributed by atoms with Crippen molar-refractivity contribution < 1.29 is 14.3 Å². The van der Waals surface area contributed by atoms with Crippen molar-refractivity contribution in [2.45, 2.75) is 71.4 Å². The predicted molar refractivity (Wildman–Crippen MR) is 161 cm³/mol. The number of carbonyl (C=O) groups is 1. The van der Waals surface area contributed by atoms with E-state index in [0.29, 0.717) is 36.5 Å². The number of amides is 1. The molecule has 0 saturated heterocycles. The first-order valence-electron chi connectivity index (χ1n) is 14.4. The van der Waals surface area contributed by atoms with Gasteiger partial charge < -0.3 is 14.4 Å². The third-order valence-corrected chi connectivity index (χ3v) is 8.74. The molecule has 1 saturated carbocycles. The lowest BCUT2D eigenvalue weighted by Crippen LogP contribution is -2.43. The van der Waals surface area contributed by atoms with Gasteiger partial charge in [0.05, 0.1) is 18.4 Å². The molecule has 1 heterocycles. The highest BCUT2D eigenvalue weighted by Crippen LogP contribution is 2.42. The lowest BCUT2D eigenvalue weighted by atomic mass is 9.70. The zero-order valence-electron chi connectivity index (χ0n) is 23.7. The fourth-order valence-corrected chi connectivity index (χ4v) is 5.89. The van der Waals surface area contributed by atoms with Gasteiger partial charge in [-0.2, -0.15) is 0 Å². The Balaban J connectivity index is 1.66. The summed E-state index contributed by atoms with van der Waals surface area (Å²) in [6.07, 6.45) is 12.2. The predicted octanol–water partition coefficient (Wildman–Crippen LogP) is 7.94. The second-order valence-electron chi connectivity index (χ2n) is 11.1. The fourth-order valence-electron chi connectivity index (χ4n) is 5.69. The fraction of sp³-hybridized carbons (Fsp3) is 0.515. The second kappa shape index (κ2) is 14.1. The summed E-state index contributed by atoms with van der Waals surface area (Å²) in [5, 5.41) is 0.767. The van der Waals surface area contributed by atoms with Gasteiger partial charge in [0.25, 0.3) is 5.91 Å². The minimum atomic E-state index is -0.327. The molecule has 1 aliphatic carbocycles. The Morgan fingerprint density at radius 3 is 2.79 bits per heavy atom. The Morgan fingerprint density at radius 1 is 1.23 bits per heavy atom. The number of benzene rings is 2. The lowest BCUT2D eigenvalue weighted by Gasteiger charge is -2.43. The third kappa shape index (κ3) is 7.52. The first-order chi connectivity index (χ1) is 18.9. The molecular weight excluding hydrogens is 508 g/mol. The number of hydrogen-bond donors (Lipinski definition) is 0. The molecule has 2 aliphatic rings. The summed E-state index contributed by atoms with van der Waals surface area (Å²) in [5.41, 5.74) is 4.00. The Morgan fingerprint density at radius 2 is 2.08 bits per heavy atom. The van der Waals surface area contributed by atoms with Crippen molar-refractivity contribution >= 4 is 29.9 Å². The largest absolute Gasteiger partial charge is 0.491 e. The van der Waals surface area contributed by atoms with Crippen LogP contribution < -0.4 is 9.64 Å². The molecule has 1 aliphatic heterocycles. The molecule has 6 heteroatoms. The molecule has 5 nitrogen and oxygen atoms in total. The van der Waals surface area contributed by atoms with Crippen LogP contribution in [0.5, 0.6) is 5.75 Å². The van der Waals surface area contributed by atoms with Gasteiger partial charge in [-0.25, -0.2) is 4.99 Å². The molecule has 1 amide bonds. The maximum atomic E-state index is 12.5. The zero-order valence-corrected chi connectivity index (χ0v) is 24.5. The van der Waals surface area contributed by atoms with Crippen molar-refractivity contribution in [3.05, 3.63) is 70.3 Å². The third-order valence-electron chi connectivity index (χ3n) is 8.50. The van der Waals surface area contributed by atoms with Crippen LogP contribution in [0, 0.1) is 17.8 Å². The van der Waals surface area contributed by atoms with Crippen LogP contribution in [0.4, 0.5) is 5.69 Å². The highest BCUT2D eigenvalue weighted by molar-refractivity contribution is 6.30. The minimum Gasteiger partial charge on any atom is -0.491 e. The Hall–Kier alpha value is -2.63. The molecule has 2 aromatic carbocycles. The highest BCUT2D eigenvalue weighted by Gasteiger charge is 2.37. The Kier molecular flexibility index (Phi) is 10.6. The SMILES string of the molecule is C=NC(=O)c1ccc2c(c1)N(C[C@@H]1CC[C@H]1[C@H](/C=C/C[C@H](C)CC)OC)Cc1ccc(Cl)cc1CCCCO2. The highest BCUT2D eigenvalue weighted by atomic mass is 35.5. The zero-order chi connectivity index (χ0) is 27.8. The molecule has 0 aromatic heterocycles. The average Bonchev–Trinajstić information content (AvgIpc) is 2.96. The molecule has 0 radical (unpaired) electrons. The van der Waals surface area contributed by atoms with Gasteiger partial charge in [0, 0.05) is 30.8 Å². The van der Waals surface area contributed by atoms with Crippen molar-refractivity contribution in [3.8, 4) is 5.75 Å². The molecule has 0 N–H and O–H groups in total. The summed E-state index contributed by atoms with van der Waals surface area (Å²) >= 11 is 6.41. The van der Waals surface area contributed by atoms with Crippen LogP contribution in [0.2, 0.25) is 5.02 Å². The molecule has 0 unspecified atom stereocenters. The van der Waals surface area contributed by atoms with Gasteiger partial charge >= 0.3 is 0 Å². The lowest BCUT2D eigenvalue weighted by molar-refractivity contribution is 0.0133. The first-order valence-corrected chi connectivity index (χ1v) is 14.8. The van der Waals surface area contributed by atoms with Crippen LogP contribution in [0.25, 0.3) is 0 Å². The van der Waals surface area contributed by atoms with Gasteiger partial charge in [-0.1, -0.05) is 50.1 Å². The van der Waals surface area contributed by atoms with Crippen molar-refractivity contribution in [1.29, 1.82) is 0 Å². The summed E-state index contributed by atoms with van der Waals surface area (Å²) in [6.45, 7) is 10.2. The van der Waals surface area contributed by atoms with Crippen LogP contribution in [0.3, 0.4) is 0 Å². The van der Waals surface area contributed by atoms with Crippen LogP contribution in [-0.2, 0) is 17.7 Å². The Bertz CT molecular complexity index is 1160. The number of halogens is 1. The van der Waals surface area contributed by atoms with E-state index in [2.05, 4.69) is 54.7 Å². The van der Waals surface area contributed by atoms with Gasteiger partial charge in [-0.05, 0) is 104 Å². The number of hydrogen-bond acceptors (Lipinski definition) is 4. The van der Waals surface area contributed by atoms with Gasteiger partial charge in [0.2, 0.25) is 0 Å². The number of ether oxygens (including phenoxy) is 2. The summed E-state index contributed by atoms with van der Waals surface area (Å²) in [6, 6.07) is 11.9. The molecule has 2 aromatic rings. The van der Waals surface area contributed by atoms with E-state index >= 15 is 0 Å². The number of allylic oxidation sites excluding steroid dienone is 1. The molecule has 4 atom stereocenters. The van der Waals surface area contributed by atoms with Crippen LogP contribution >= 0.6 is 11.6 Å². The maximum absolute atomic E-state index is 12.5. The number of rotatable bonds is 9. The normalized spacial score (nSPS) is 21.1. The van der Waals surface area contributed by atoms with Crippen molar-refractivity contribution in [1.82, 2.24) is 0 Å². The minimum absolute atomic E-state index is 0.108. The number of carbonyl (C=O) groups excluding carboxylic acids is 1. The number of aryl methyl sites for hydroxylation is 1. The molecular formula is C33H43ClN2O3. The quantitative estimate of drug-likeness (QED) is 0.235. The average molecular weight is 551 g/mol. The van der Waals surface area contributed by atoms with Crippen LogP contribution in [0.1, 0.15) is 73.9 Å². The van der Waals surface area contributed by atoms with Crippen LogP contribution in [-0.4, -0.2) is 39.0 Å². The first kappa shape index (κ1) is 29.4. The summed E-state index contributed by atoms with van der Waals surface area (Å²) in [7, 11) is 1.82. The number of methoxy groups -OCH3 is 1. The molecule has 210 valence electrons.